The number of alkyl halides is 1. The highest BCUT2D eigenvalue weighted by atomic mass is 19.1. The van der Waals surface area contributed by atoms with Gasteiger partial charge in [0.05, 0.1) is 11.8 Å². The maximum atomic E-state index is 15.5. The zero-order valence-corrected chi connectivity index (χ0v) is 14.6. The van der Waals surface area contributed by atoms with E-state index < -0.39 is 34.6 Å². The number of hydrogen-bond donors (Lipinski definition) is 0. The van der Waals surface area contributed by atoms with Gasteiger partial charge in [-0.25, -0.2) is 0 Å². The van der Waals surface area contributed by atoms with Gasteiger partial charge in [-0.3, -0.25) is 14.9 Å². The van der Waals surface area contributed by atoms with Gasteiger partial charge in [-0.2, -0.15) is 4.39 Å². The second-order valence-electron chi connectivity index (χ2n) is 7.08. The van der Waals surface area contributed by atoms with Crippen molar-refractivity contribution in [2.45, 2.75) is 30.7 Å². The van der Waals surface area contributed by atoms with Gasteiger partial charge in [0.25, 0.3) is 0 Å². The molecule has 138 valence electrons. The van der Waals surface area contributed by atoms with E-state index in [0.29, 0.717) is 23.2 Å². The quantitative estimate of drug-likeness (QED) is 0.467. The number of para-hydroxylation sites is 1. The molecule has 0 radical (unpaired) electrons. The highest BCUT2D eigenvalue weighted by molar-refractivity contribution is 5.78. The molecule has 1 aliphatic carbocycles. The summed E-state index contributed by atoms with van der Waals surface area (Å²) in [6, 6.07) is 15.4. The number of carbonyl (C=O) groups is 1. The van der Waals surface area contributed by atoms with E-state index in [4.69, 9.17) is 4.74 Å². The van der Waals surface area contributed by atoms with Crippen molar-refractivity contribution < 1.29 is 18.8 Å². The van der Waals surface area contributed by atoms with Crippen LogP contribution in [0, 0.1) is 16.0 Å². The average Bonchev–Trinajstić information content (AvgIpc) is 2.68. The first kappa shape index (κ1) is 17.4. The Morgan fingerprint density at radius 2 is 1.81 bits per heavy atom. The fourth-order valence-electron chi connectivity index (χ4n) is 4.73. The molecule has 0 bridgehead atoms. The molecule has 2 aliphatic rings. The molecule has 5 nitrogen and oxygen atoms in total. The van der Waals surface area contributed by atoms with E-state index in [1.54, 1.807) is 67.6 Å². The molecule has 0 aromatic heterocycles. The van der Waals surface area contributed by atoms with E-state index in [0.717, 1.165) is 0 Å². The summed E-state index contributed by atoms with van der Waals surface area (Å²) in [6.07, 6.45) is 0.137. The molecule has 0 saturated carbocycles. The lowest BCUT2D eigenvalue weighted by atomic mass is 9.57. The summed E-state index contributed by atoms with van der Waals surface area (Å²) in [6.45, 7) is 1.78. The van der Waals surface area contributed by atoms with Crippen LogP contribution >= 0.6 is 0 Å². The zero-order valence-electron chi connectivity index (χ0n) is 14.6. The van der Waals surface area contributed by atoms with Crippen LogP contribution in [0.1, 0.15) is 29.9 Å². The fourth-order valence-corrected chi connectivity index (χ4v) is 4.73. The number of allylic oxidation sites excluding steroid dienone is 1. The van der Waals surface area contributed by atoms with Crippen LogP contribution in [0.15, 0.2) is 66.2 Å². The smallest absolute Gasteiger partial charge is 0.309 e. The second-order valence-corrected chi connectivity index (χ2v) is 7.08. The highest BCUT2D eigenvalue weighted by Crippen LogP contribution is 2.58. The molecule has 27 heavy (non-hydrogen) atoms. The number of carbonyl (C=O) groups excluding carboxylic acids is 1. The van der Waals surface area contributed by atoms with Crippen LogP contribution in [0.5, 0.6) is 5.75 Å². The number of hydrogen-bond acceptors (Lipinski definition) is 4. The third-order valence-electron chi connectivity index (χ3n) is 5.71. The average molecular weight is 367 g/mol. The van der Waals surface area contributed by atoms with E-state index in [2.05, 4.69) is 0 Å². The van der Waals surface area contributed by atoms with E-state index >= 15 is 4.39 Å². The van der Waals surface area contributed by atoms with E-state index in [-0.39, 0.29) is 5.57 Å². The van der Waals surface area contributed by atoms with Crippen molar-refractivity contribution in [2.24, 2.45) is 5.92 Å². The van der Waals surface area contributed by atoms with Gasteiger partial charge in [-0.1, -0.05) is 61.5 Å². The van der Waals surface area contributed by atoms with Gasteiger partial charge < -0.3 is 4.74 Å². The predicted molar refractivity (Wildman–Crippen MR) is 96.9 cm³/mol. The molecule has 1 heterocycles. The summed E-state index contributed by atoms with van der Waals surface area (Å²) < 4.78 is 20.9. The minimum atomic E-state index is -2.19. The van der Waals surface area contributed by atoms with Crippen molar-refractivity contribution in [3.8, 4) is 5.75 Å². The summed E-state index contributed by atoms with van der Waals surface area (Å²) >= 11 is 0. The molecule has 0 fully saturated rings. The molecular formula is C21H18FNO4. The third kappa shape index (κ3) is 2.32. The number of nitrogens with zero attached hydrogens (tertiary/aromatic N) is 1. The molecule has 2 aromatic carbocycles. The Kier molecular flexibility index (Phi) is 4.06. The summed E-state index contributed by atoms with van der Waals surface area (Å²) in [5.41, 5.74) is -0.791. The lowest BCUT2D eigenvalue weighted by Crippen LogP contribution is -2.63. The highest BCUT2D eigenvalue weighted by Gasteiger charge is 2.70. The Morgan fingerprint density at radius 1 is 1.15 bits per heavy atom. The Balaban J connectivity index is 2.06. The number of aldehydes is 1. The number of benzene rings is 2. The van der Waals surface area contributed by atoms with Crippen LogP contribution in [0.4, 0.5) is 4.39 Å². The molecule has 1 unspecified atom stereocenters. The van der Waals surface area contributed by atoms with Gasteiger partial charge in [0, 0.05) is 16.1 Å². The van der Waals surface area contributed by atoms with Gasteiger partial charge in [-0.05, 0) is 17.5 Å². The maximum Gasteiger partial charge on any atom is 0.309 e. The Labute approximate surface area is 155 Å². The topological polar surface area (TPSA) is 69.4 Å². The Bertz CT molecular complexity index is 929. The number of ether oxygens (including phenoxy) is 1. The minimum absolute atomic E-state index is 0.215. The van der Waals surface area contributed by atoms with Gasteiger partial charge in [0.2, 0.25) is 0 Å². The fraction of sp³-hybridized carbons (Fsp3) is 0.286. The number of halogens is 1. The molecule has 0 amide bonds. The normalized spacial score (nSPS) is 31.7. The van der Waals surface area contributed by atoms with E-state index in [1.807, 2.05) is 0 Å². The first-order valence-corrected chi connectivity index (χ1v) is 8.77. The van der Waals surface area contributed by atoms with E-state index in [9.17, 15) is 14.9 Å². The number of nitro groups is 1. The van der Waals surface area contributed by atoms with Crippen LogP contribution < -0.4 is 4.74 Å². The molecule has 2 aromatic rings. The van der Waals surface area contributed by atoms with Crippen molar-refractivity contribution in [1.82, 2.24) is 0 Å². The molecule has 1 aliphatic heterocycles. The monoisotopic (exact) mass is 367 g/mol. The predicted octanol–water partition coefficient (Wildman–Crippen LogP) is 4.03. The van der Waals surface area contributed by atoms with Crippen LogP contribution in [0.2, 0.25) is 0 Å². The Hall–Kier alpha value is -3.02. The molecule has 4 rings (SSSR count). The van der Waals surface area contributed by atoms with Crippen molar-refractivity contribution >= 4 is 6.29 Å². The van der Waals surface area contributed by atoms with Gasteiger partial charge in [-0.15, -0.1) is 0 Å². The van der Waals surface area contributed by atoms with Gasteiger partial charge >= 0.3 is 11.9 Å². The second kappa shape index (κ2) is 6.30. The summed E-state index contributed by atoms with van der Waals surface area (Å²) in [4.78, 5) is 23.7. The Morgan fingerprint density at radius 3 is 2.48 bits per heavy atom. The third-order valence-corrected chi connectivity index (χ3v) is 5.71. The standard InChI is InChI=1S/C21H18FNO4/c1-13-11-15(12-24)19(14-7-3-2-4-8-14)21(23(25)26)18(13)16-9-5-6-10-17(16)27-20(21)22/h2-13,18-20H,1H3/t13-,18-,19+,20?,21+/m1/s1. The van der Waals surface area contributed by atoms with Gasteiger partial charge in [0.15, 0.2) is 0 Å². The van der Waals surface area contributed by atoms with Crippen LogP contribution in [0.3, 0.4) is 0 Å². The molecule has 0 spiro atoms. The first-order valence-electron chi connectivity index (χ1n) is 8.77. The molecule has 5 atom stereocenters. The zero-order chi connectivity index (χ0) is 19.2. The largest absolute Gasteiger partial charge is 0.453 e. The number of fused-ring (bicyclic) bond motifs is 3. The SMILES string of the molecule is C[C@@H]1C=C(C=O)[C@H](c2ccccc2)[C@]2([N+](=O)[O-])C(F)Oc3ccccc3[C@@H]12. The van der Waals surface area contributed by atoms with Crippen LogP contribution in [0.25, 0.3) is 0 Å². The summed E-state index contributed by atoms with van der Waals surface area (Å²) in [7, 11) is 0. The van der Waals surface area contributed by atoms with E-state index in [1.165, 1.54) is 0 Å². The molecule has 0 N–H and O–H groups in total. The summed E-state index contributed by atoms with van der Waals surface area (Å²) in [5, 5.41) is 12.5. The lowest BCUT2D eigenvalue weighted by molar-refractivity contribution is -0.601. The van der Waals surface area contributed by atoms with Gasteiger partial charge in [0.1, 0.15) is 12.0 Å². The lowest BCUT2D eigenvalue weighted by Gasteiger charge is -2.48. The molecule has 6 heteroatoms. The number of rotatable bonds is 3. The molecular weight excluding hydrogens is 349 g/mol. The maximum absolute atomic E-state index is 15.5. The van der Waals surface area contributed by atoms with Crippen molar-refractivity contribution in [3.05, 3.63) is 87.5 Å². The van der Waals surface area contributed by atoms with Crippen LogP contribution in [-0.4, -0.2) is 23.1 Å². The first-order chi connectivity index (χ1) is 13.0. The molecule has 0 saturated heterocycles. The minimum Gasteiger partial charge on any atom is -0.453 e. The van der Waals surface area contributed by atoms with Crippen molar-refractivity contribution in [1.29, 1.82) is 0 Å². The van der Waals surface area contributed by atoms with Crippen LogP contribution in [-0.2, 0) is 4.79 Å². The van der Waals surface area contributed by atoms with Crippen molar-refractivity contribution in [3.63, 3.8) is 0 Å². The van der Waals surface area contributed by atoms with Crippen molar-refractivity contribution in [2.75, 3.05) is 0 Å². The summed E-state index contributed by atoms with van der Waals surface area (Å²) in [5.74, 6) is -1.90.